The van der Waals surface area contributed by atoms with Gasteiger partial charge in [0.05, 0.1) is 15.7 Å². The van der Waals surface area contributed by atoms with Gasteiger partial charge in [-0.05, 0) is 34.5 Å². The van der Waals surface area contributed by atoms with Crippen LogP contribution < -0.4 is 5.32 Å². The maximum Gasteiger partial charge on any atom is 0.231 e. The molecule has 1 aliphatic rings. The number of ether oxygens (including phenoxy) is 1. The van der Waals surface area contributed by atoms with Crippen LogP contribution in [0.2, 0.25) is 0 Å². The van der Waals surface area contributed by atoms with Crippen molar-refractivity contribution in [1.82, 2.24) is 10.2 Å². The van der Waals surface area contributed by atoms with E-state index in [0.29, 0.717) is 19.4 Å². The topological polar surface area (TPSA) is 65.4 Å². The number of methoxy groups -OCH3 is 1. The smallest absolute Gasteiger partial charge is 0.231 e. The monoisotopic (exact) mass is 345 g/mol. The molecule has 1 amide bonds. The van der Waals surface area contributed by atoms with Crippen molar-refractivity contribution in [2.45, 2.75) is 18.4 Å². The first kappa shape index (κ1) is 14.5. The third-order valence-electron chi connectivity index (χ3n) is 3.30. The first-order valence-corrected chi connectivity index (χ1v) is 7.47. The van der Waals surface area contributed by atoms with Gasteiger partial charge in [0.1, 0.15) is 0 Å². The fourth-order valence-electron chi connectivity index (χ4n) is 2.13. The van der Waals surface area contributed by atoms with Crippen LogP contribution in [0.15, 0.2) is 15.9 Å². The number of rotatable bonds is 4. The van der Waals surface area contributed by atoms with E-state index in [9.17, 15) is 4.79 Å². The lowest BCUT2D eigenvalue weighted by Gasteiger charge is -2.41. The lowest BCUT2D eigenvalue weighted by Crippen LogP contribution is -2.59. The van der Waals surface area contributed by atoms with Crippen LogP contribution >= 0.6 is 27.3 Å². The van der Waals surface area contributed by atoms with Crippen molar-refractivity contribution >= 4 is 39.1 Å². The first-order valence-electron chi connectivity index (χ1n) is 5.86. The molecule has 0 saturated carbocycles. The standard InChI is InChI=1S/C12H16BrN3O2S/c1-16-10(17)7-12(5-6-18-2,15-11(16)14)8-3-4-9(13)19-8/h3-4H,5-7H2,1-2H3,(H2,14,15)/t12-/m0/s1. The van der Waals surface area contributed by atoms with E-state index in [-0.39, 0.29) is 11.9 Å². The van der Waals surface area contributed by atoms with Crippen LogP contribution in [0.1, 0.15) is 17.7 Å². The molecule has 2 rings (SSSR count). The molecular weight excluding hydrogens is 330 g/mol. The van der Waals surface area contributed by atoms with Crippen LogP contribution in [0.25, 0.3) is 0 Å². The van der Waals surface area contributed by atoms with Crippen LogP contribution in [-0.4, -0.2) is 37.5 Å². The number of thiophene rings is 1. The summed E-state index contributed by atoms with van der Waals surface area (Å²) < 4.78 is 6.17. The SMILES string of the molecule is COCC[C@@]1(c2ccc(Br)s2)CC(=O)N(C)C(=N)N1. The van der Waals surface area contributed by atoms with Crippen LogP contribution in [-0.2, 0) is 15.1 Å². The molecular formula is C12H16BrN3O2S. The molecule has 0 aliphatic carbocycles. The highest BCUT2D eigenvalue weighted by atomic mass is 79.9. The summed E-state index contributed by atoms with van der Waals surface area (Å²) in [5.41, 5.74) is -0.534. The first-order chi connectivity index (χ1) is 8.98. The molecule has 1 atom stereocenters. The van der Waals surface area contributed by atoms with Crippen LogP contribution in [0.3, 0.4) is 0 Å². The Kier molecular flexibility index (Phi) is 4.27. The fourth-order valence-corrected chi connectivity index (χ4v) is 3.68. The molecule has 0 unspecified atom stereocenters. The van der Waals surface area contributed by atoms with Crippen molar-refractivity contribution < 1.29 is 9.53 Å². The summed E-state index contributed by atoms with van der Waals surface area (Å²) in [7, 11) is 3.25. The van der Waals surface area contributed by atoms with Crippen molar-refractivity contribution in [3.63, 3.8) is 0 Å². The van der Waals surface area contributed by atoms with E-state index in [1.807, 2.05) is 12.1 Å². The van der Waals surface area contributed by atoms with Gasteiger partial charge in [0, 0.05) is 25.6 Å². The zero-order valence-electron chi connectivity index (χ0n) is 10.8. The summed E-state index contributed by atoms with van der Waals surface area (Å²) in [5, 5.41) is 11.1. The van der Waals surface area contributed by atoms with Gasteiger partial charge in [-0.1, -0.05) is 0 Å². The largest absolute Gasteiger partial charge is 0.385 e. The Morgan fingerprint density at radius 3 is 2.89 bits per heavy atom. The zero-order valence-corrected chi connectivity index (χ0v) is 13.2. The average molecular weight is 346 g/mol. The van der Waals surface area contributed by atoms with Gasteiger partial charge in [-0.15, -0.1) is 11.3 Å². The van der Waals surface area contributed by atoms with Gasteiger partial charge in [0.15, 0.2) is 5.96 Å². The van der Waals surface area contributed by atoms with Gasteiger partial charge < -0.3 is 10.1 Å². The Hall–Kier alpha value is -0.920. The molecule has 19 heavy (non-hydrogen) atoms. The Labute approximate surface area is 124 Å². The molecule has 2 N–H and O–H groups in total. The zero-order chi connectivity index (χ0) is 14.0. The molecule has 2 heterocycles. The van der Waals surface area contributed by atoms with Crippen molar-refractivity contribution in [1.29, 1.82) is 5.41 Å². The number of hydrogen-bond acceptors (Lipinski definition) is 4. The molecule has 7 heteroatoms. The summed E-state index contributed by atoms with van der Waals surface area (Å²) in [4.78, 5) is 14.4. The van der Waals surface area contributed by atoms with Crippen molar-refractivity contribution in [3.8, 4) is 0 Å². The molecule has 1 fully saturated rings. The van der Waals surface area contributed by atoms with E-state index in [1.165, 1.54) is 4.90 Å². The predicted octanol–water partition coefficient (Wildman–Crippen LogP) is 2.13. The highest BCUT2D eigenvalue weighted by Crippen LogP contribution is 2.38. The number of nitrogens with one attached hydrogen (secondary N) is 2. The van der Waals surface area contributed by atoms with E-state index >= 15 is 0 Å². The van der Waals surface area contributed by atoms with E-state index < -0.39 is 5.54 Å². The Morgan fingerprint density at radius 1 is 1.63 bits per heavy atom. The van der Waals surface area contributed by atoms with Crippen molar-refractivity contribution in [3.05, 3.63) is 20.8 Å². The Balaban J connectivity index is 2.35. The van der Waals surface area contributed by atoms with Gasteiger partial charge in [-0.2, -0.15) is 0 Å². The average Bonchev–Trinajstić information content (AvgIpc) is 2.80. The molecule has 5 nitrogen and oxygen atoms in total. The minimum atomic E-state index is -0.534. The Bertz CT molecular complexity index is 485. The van der Waals surface area contributed by atoms with Gasteiger partial charge in [0.25, 0.3) is 0 Å². The normalized spacial score (nSPS) is 23.6. The predicted molar refractivity (Wildman–Crippen MR) is 78.4 cm³/mol. The summed E-state index contributed by atoms with van der Waals surface area (Å²) >= 11 is 5.02. The van der Waals surface area contributed by atoms with Crippen LogP contribution in [0.4, 0.5) is 0 Å². The van der Waals surface area contributed by atoms with Gasteiger partial charge in [0.2, 0.25) is 5.91 Å². The van der Waals surface area contributed by atoms with E-state index in [2.05, 4.69) is 21.2 Å². The van der Waals surface area contributed by atoms with Crippen LogP contribution in [0.5, 0.6) is 0 Å². The number of guanidine groups is 1. The summed E-state index contributed by atoms with van der Waals surface area (Å²) in [6.45, 7) is 0.535. The second kappa shape index (κ2) is 5.60. The molecule has 0 bridgehead atoms. The Morgan fingerprint density at radius 2 is 2.37 bits per heavy atom. The molecule has 104 valence electrons. The highest BCUT2D eigenvalue weighted by molar-refractivity contribution is 9.11. The van der Waals surface area contributed by atoms with E-state index in [1.54, 1.807) is 25.5 Å². The summed E-state index contributed by atoms with van der Waals surface area (Å²) in [6.07, 6.45) is 0.987. The lowest BCUT2D eigenvalue weighted by atomic mass is 9.87. The molecule has 0 radical (unpaired) electrons. The number of halogens is 1. The number of hydrogen-bond donors (Lipinski definition) is 2. The number of carbonyl (C=O) groups excluding carboxylic acids is 1. The summed E-state index contributed by atoms with van der Waals surface area (Å²) in [6, 6.07) is 3.95. The number of carbonyl (C=O) groups is 1. The van der Waals surface area contributed by atoms with Crippen molar-refractivity contribution in [2.24, 2.45) is 0 Å². The van der Waals surface area contributed by atoms with Gasteiger partial charge >= 0.3 is 0 Å². The fraction of sp³-hybridized carbons (Fsp3) is 0.500. The highest BCUT2D eigenvalue weighted by Gasteiger charge is 2.42. The lowest BCUT2D eigenvalue weighted by molar-refractivity contribution is -0.129. The molecule has 0 spiro atoms. The summed E-state index contributed by atoms with van der Waals surface area (Å²) in [5.74, 6) is 0.0845. The minimum absolute atomic E-state index is 0.0515. The quantitative estimate of drug-likeness (QED) is 0.878. The number of amides is 1. The third-order valence-corrected chi connectivity index (χ3v) is 5.13. The van der Waals surface area contributed by atoms with Crippen LogP contribution in [0, 0.1) is 5.41 Å². The molecule has 1 aromatic rings. The van der Waals surface area contributed by atoms with E-state index in [0.717, 1.165) is 8.66 Å². The molecule has 1 saturated heterocycles. The second-order valence-corrected chi connectivity index (χ2v) is 6.99. The molecule has 0 aromatic carbocycles. The third kappa shape index (κ3) is 2.82. The van der Waals surface area contributed by atoms with Crippen molar-refractivity contribution in [2.75, 3.05) is 20.8 Å². The maximum atomic E-state index is 12.1. The second-order valence-electron chi connectivity index (χ2n) is 4.53. The van der Waals surface area contributed by atoms with Gasteiger partial charge in [-0.3, -0.25) is 15.1 Å². The van der Waals surface area contributed by atoms with E-state index in [4.69, 9.17) is 10.1 Å². The molecule has 1 aliphatic heterocycles. The minimum Gasteiger partial charge on any atom is -0.385 e. The molecule has 1 aromatic heterocycles. The number of nitrogens with zero attached hydrogens (tertiary/aromatic N) is 1. The maximum absolute atomic E-state index is 12.1. The van der Waals surface area contributed by atoms with Gasteiger partial charge in [-0.25, -0.2) is 0 Å².